The third-order valence-corrected chi connectivity index (χ3v) is 6.77. The molecule has 9 heteroatoms. The van der Waals surface area contributed by atoms with Crippen molar-refractivity contribution in [1.29, 1.82) is 0 Å². The van der Waals surface area contributed by atoms with Gasteiger partial charge >= 0.3 is 5.97 Å². The zero-order valence-corrected chi connectivity index (χ0v) is 23.0. The predicted molar refractivity (Wildman–Crippen MR) is 152 cm³/mol. The molecule has 216 valence electrons. The van der Waals surface area contributed by atoms with E-state index in [0.29, 0.717) is 18.6 Å². The second kappa shape index (κ2) is 15.2. The van der Waals surface area contributed by atoms with E-state index in [0.717, 1.165) is 11.1 Å². The average molecular weight is 562 g/mol. The molecule has 3 aromatic carbocycles. The molecule has 0 amide bonds. The molecule has 9 nitrogen and oxygen atoms in total. The Morgan fingerprint density at radius 2 is 1.37 bits per heavy atom. The Bertz CT molecular complexity index is 1270. The SMILES string of the molecule is C=CC[C@H]1O[C@H](COC(C)=O)[C@@H](OCc2ccccc2[N+](=O)[O-])[C@H](OCc2ccccc2)[C@H]1OCc1ccccc1. The monoisotopic (exact) mass is 561 g/mol. The number of carbonyl (C=O) groups excluding carboxylic acids is 1. The summed E-state index contributed by atoms with van der Waals surface area (Å²) in [5.74, 6) is -0.462. The molecule has 0 aliphatic carbocycles. The fourth-order valence-corrected chi connectivity index (χ4v) is 4.80. The van der Waals surface area contributed by atoms with Gasteiger partial charge < -0.3 is 23.7 Å². The highest BCUT2D eigenvalue weighted by molar-refractivity contribution is 5.65. The summed E-state index contributed by atoms with van der Waals surface area (Å²) < 4.78 is 31.1. The molecule has 41 heavy (non-hydrogen) atoms. The first-order valence-corrected chi connectivity index (χ1v) is 13.5. The van der Waals surface area contributed by atoms with Crippen LogP contribution in [0, 0.1) is 10.1 Å². The average Bonchev–Trinajstić information content (AvgIpc) is 2.99. The van der Waals surface area contributed by atoms with E-state index in [1.54, 1.807) is 24.3 Å². The van der Waals surface area contributed by atoms with Crippen molar-refractivity contribution in [2.24, 2.45) is 0 Å². The molecular weight excluding hydrogens is 526 g/mol. The van der Waals surface area contributed by atoms with Gasteiger partial charge in [0.2, 0.25) is 0 Å². The van der Waals surface area contributed by atoms with E-state index in [4.69, 9.17) is 23.7 Å². The molecular formula is C32H35NO8. The number of rotatable bonds is 14. The number of benzene rings is 3. The van der Waals surface area contributed by atoms with Crippen molar-refractivity contribution < 1.29 is 33.4 Å². The van der Waals surface area contributed by atoms with E-state index in [1.165, 1.54) is 13.0 Å². The lowest BCUT2D eigenvalue weighted by atomic mass is 9.92. The van der Waals surface area contributed by atoms with Crippen molar-refractivity contribution in [2.45, 2.75) is 63.7 Å². The molecule has 0 spiro atoms. The van der Waals surface area contributed by atoms with Crippen molar-refractivity contribution in [2.75, 3.05) is 6.61 Å². The van der Waals surface area contributed by atoms with Gasteiger partial charge in [-0.25, -0.2) is 0 Å². The number of esters is 1. The van der Waals surface area contributed by atoms with Gasteiger partial charge in [-0.2, -0.15) is 0 Å². The molecule has 4 rings (SSSR count). The molecule has 0 radical (unpaired) electrons. The smallest absolute Gasteiger partial charge is 0.302 e. The van der Waals surface area contributed by atoms with Crippen LogP contribution in [0.25, 0.3) is 0 Å². The van der Waals surface area contributed by atoms with E-state index in [1.807, 2.05) is 60.7 Å². The van der Waals surface area contributed by atoms with Crippen LogP contribution in [0.2, 0.25) is 0 Å². The van der Waals surface area contributed by atoms with Crippen LogP contribution in [0.5, 0.6) is 0 Å². The van der Waals surface area contributed by atoms with Crippen molar-refractivity contribution in [3.8, 4) is 0 Å². The Labute approximate surface area is 239 Å². The van der Waals surface area contributed by atoms with Crippen molar-refractivity contribution in [3.63, 3.8) is 0 Å². The van der Waals surface area contributed by atoms with Crippen molar-refractivity contribution >= 4 is 11.7 Å². The highest BCUT2D eigenvalue weighted by Gasteiger charge is 2.48. The van der Waals surface area contributed by atoms with Gasteiger partial charge in [-0.05, 0) is 23.6 Å². The van der Waals surface area contributed by atoms with Crippen LogP contribution in [-0.4, -0.2) is 48.0 Å². The molecule has 0 aromatic heterocycles. The van der Waals surface area contributed by atoms with Crippen LogP contribution < -0.4 is 0 Å². The lowest BCUT2D eigenvalue weighted by Gasteiger charge is -2.46. The third-order valence-electron chi connectivity index (χ3n) is 6.77. The summed E-state index contributed by atoms with van der Waals surface area (Å²) in [6.07, 6.45) is -1.01. The number of para-hydroxylation sites is 1. The summed E-state index contributed by atoms with van der Waals surface area (Å²) in [7, 11) is 0. The van der Waals surface area contributed by atoms with Gasteiger partial charge in [0.25, 0.3) is 5.69 Å². The number of hydrogen-bond donors (Lipinski definition) is 0. The Kier molecular flexibility index (Phi) is 11.2. The van der Waals surface area contributed by atoms with Gasteiger partial charge in [0.15, 0.2) is 0 Å². The number of nitro groups is 1. The van der Waals surface area contributed by atoms with E-state index in [2.05, 4.69) is 6.58 Å². The Morgan fingerprint density at radius 3 is 1.95 bits per heavy atom. The number of carbonyl (C=O) groups is 1. The summed E-state index contributed by atoms with van der Waals surface area (Å²) in [6, 6.07) is 25.9. The minimum atomic E-state index is -0.778. The molecule has 0 bridgehead atoms. The highest BCUT2D eigenvalue weighted by atomic mass is 16.6. The van der Waals surface area contributed by atoms with Crippen LogP contribution in [0.15, 0.2) is 97.6 Å². The van der Waals surface area contributed by atoms with E-state index >= 15 is 0 Å². The molecule has 1 aliphatic rings. The lowest BCUT2D eigenvalue weighted by Crippen LogP contribution is -2.61. The summed E-state index contributed by atoms with van der Waals surface area (Å²) >= 11 is 0. The number of nitrogens with zero attached hydrogens (tertiary/aromatic N) is 1. The molecule has 0 saturated carbocycles. The quantitative estimate of drug-likeness (QED) is 0.109. The van der Waals surface area contributed by atoms with Crippen LogP contribution in [0.3, 0.4) is 0 Å². The normalized spacial score (nSPS) is 22.1. The summed E-state index contributed by atoms with van der Waals surface area (Å²) in [5.41, 5.74) is 2.28. The zero-order valence-electron chi connectivity index (χ0n) is 23.0. The Hall–Kier alpha value is -3.89. The van der Waals surface area contributed by atoms with E-state index in [-0.39, 0.29) is 25.5 Å². The lowest BCUT2D eigenvalue weighted by molar-refractivity contribution is -0.386. The maximum Gasteiger partial charge on any atom is 0.302 e. The summed E-state index contributed by atoms with van der Waals surface area (Å²) in [5, 5.41) is 11.6. The largest absolute Gasteiger partial charge is 0.463 e. The molecule has 1 aliphatic heterocycles. The van der Waals surface area contributed by atoms with Gasteiger partial charge in [-0.3, -0.25) is 14.9 Å². The first kappa shape index (κ1) is 30.1. The molecule has 0 N–H and O–H groups in total. The Morgan fingerprint density at radius 1 is 0.829 bits per heavy atom. The van der Waals surface area contributed by atoms with Gasteiger partial charge in [-0.15, -0.1) is 6.58 Å². The maximum absolute atomic E-state index is 11.7. The fourth-order valence-electron chi connectivity index (χ4n) is 4.80. The first-order valence-electron chi connectivity index (χ1n) is 13.5. The van der Waals surface area contributed by atoms with E-state index < -0.39 is 41.4 Å². The van der Waals surface area contributed by atoms with Gasteiger partial charge in [0.1, 0.15) is 31.0 Å². The Balaban J connectivity index is 1.66. The van der Waals surface area contributed by atoms with Crippen molar-refractivity contribution in [1.82, 2.24) is 0 Å². The van der Waals surface area contributed by atoms with Crippen LogP contribution in [-0.2, 0) is 48.3 Å². The predicted octanol–water partition coefficient (Wildman–Crippen LogP) is 5.56. The second-order valence-electron chi connectivity index (χ2n) is 9.72. The van der Waals surface area contributed by atoms with E-state index in [9.17, 15) is 14.9 Å². The summed E-state index contributed by atoms with van der Waals surface area (Å²) in [4.78, 5) is 22.9. The van der Waals surface area contributed by atoms with Crippen LogP contribution in [0.4, 0.5) is 5.69 Å². The topological polar surface area (TPSA) is 106 Å². The van der Waals surface area contributed by atoms with Gasteiger partial charge in [-0.1, -0.05) is 78.9 Å². The standard InChI is InChI=1S/C32H35NO8/c1-3-12-28-30(38-19-24-13-6-4-7-14-24)32(39-20-25-15-8-5-9-16-25)31(29(41-28)22-37-23(2)34)40-21-26-17-10-11-18-27(26)33(35)36/h3-11,13-18,28-32H,1,12,19-22H2,2H3/t28-,29-,30+,31-,32-/m1/s1. The van der Waals surface area contributed by atoms with Crippen LogP contribution >= 0.6 is 0 Å². The van der Waals surface area contributed by atoms with Gasteiger partial charge in [0.05, 0.1) is 36.4 Å². The molecule has 5 atom stereocenters. The fraction of sp³-hybridized carbons (Fsp3) is 0.344. The molecule has 1 saturated heterocycles. The van der Waals surface area contributed by atoms with Gasteiger partial charge in [0, 0.05) is 13.0 Å². The van der Waals surface area contributed by atoms with Crippen molar-refractivity contribution in [3.05, 3.63) is 124 Å². The molecule has 3 aromatic rings. The number of ether oxygens (including phenoxy) is 5. The third kappa shape index (κ3) is 8.55. The molecule has 0 unspecified atom stereocenters. The second-order valence-corrected chi connectivity index (χ2v) is 9.72. The maximum atomic E-state index is 11.7. The number of hydrogen-bond acceptors (Lipinski definition) is 8. The summed E-state index contributed by atoms with van der Waals surface area (Å²) in [6.45, 7) is 5.62. The molecule has 1 fully saturated rings. The zero-order chi connectivity index (χ0) is 29.0. The first-order chi connectivity index (χ1) is 20.0. The minimum absolute atomic E-state index is 0.0519. The minimum Gasteiger partial charge on any atom is -0.463 e. The molecule has 1 heterocycles. The highest BCUT2D eigenvalue weighted by Crippen LogP contribution is 2.33. The van der Waals surface area contributed by atoms with Crippen LogP contribution in [0.1, 0.15) is 30.0 Å². The number of nitro benzene ring substituents is 1.